The molecule has 3 amide bonds. The molecule has 0 aliphatic carbocycles. The van der Waals surface area contributed by atoms with Gasteiger partial charge in [-0.2, -0.15) is 5.10 Å². The number of benzene rings is 3. The van der Waals surface area contributed by atoms with Gasteiger partial charge < -0.3 is 20.5 Å². The molecule has 0 saturated carbocycles. The molecular weight excluding hydrogens is 528 g/mol. The number of phenolic OH excluding ortho intramolecular Hbond substituents is 1. The van der Waals surface area contributed by atoms with Crippen molar-refractivity contribution in [2.75, 3.05) is 10.6 Å². The average molecular weight is 547 g/mol. The minimum absolute atomic E-state index is 0.0392. The van der Waals surface area contributed by atoms with Crippen LogP contribution in [0.5, 0.6) is 17.2 Å². The van der Waals surface area contributed by atoms with Gasteiger partial charge in [-0.1, -0.05) is 11.6 Å². The predicted molar refractivity (Wildman–Crippen MR) is 145 cm³/mol. The number of hydrogen-bond acceptors (Lipinski definition) is 8. The van der Waals surface area contributed by atoms with E-state index in [1.807, 2.05) is 0 Å². The minimum Gasteiger partial charge on any atom is -0.508 e. The Morgan fingerprint density at radius 2 is 1.64 bits per heavy atom. The van der Waals surface area contributed by atoms with Crippen molar-refractivity contribution in [3.8, 4) is 17.2 Å². The summed E-state index contributed by atoms with van der Waals surface area (Å²) in [5.74, 6) is 0.350. The van der Waals surface area contributed by atoms with Crippen molar-refractivity contribution in [1.29, 1.82) is 0 Å². The summed E-state index contributed by atoms with van der Waals surface area (Å²) in [6, 6.07) is 19.0. The maximum Gasteiger partial charge on any atom is 0.323 e. The summed E-state index contributed by atoms with van der Waals surface area (Å²) in [5.41, 5.74) is 3.44. The van der Waals surface area contributed by atoms with E-state index >= 15 is 0 Å². The predicted octanol–water partition coefficient (Wildman–Crippen LogP) is 5.55. The van der Waals surface area contributed by atoms with Crippen LogP contribution in [0.4, 0.5) is 21.9 Å². The molecule has 0 radical (unpaired) electrons. The van der Waals surface area contributed by atoms with E-state index < -0.39 is 16.9 Å². The second-order valence-electron chi connectivity index (χ2n) is 7.80. The number of pyridine rings is 1. The summed E-state index contributed by atoms with van der Waals surface area (Å²) in [7, 11) is 0. The van der Waals surface area contributed by atoms with Crippen molar-refractivity contribution in [2.24, 2.45) is 5.10 Å². The molecular formula is C26H19ClN6O6. The van der Waals surface area contributed by atoms with Crippen molar-refractivity contribution in [3.63, 3.8) is 0 Å². The Kier molecular flexibility index (Phi) is 8.29. The minimum atomic E-state index is -0.643. The van der Waals surface area contributed by atoms with Crippen LogP contribution in [0, 0.1) is 10.1 Å². The van der Waals surface area contributed by atoms with E-state index in [1.54, 1.807) is 42.5 Å². The Morgan fingerprint density at radius 1 is 0.949 bits per heavy atom. The maximum absolute atomic E-state index is 12.4. The Hall–Kier alpha value is -5.49. The van der Waals surface area contributed by atoms with Crippen LogP contribution in [0.2, 0.25) is 5.02 Å². The quantitative estimate of drug-likeness (QED) is 0.127. The van der Waals surface area contributed by atoms with Gasteiger partial charge in [-0.25, -0.2) is 10.2 Å². The number of nitro groups is 1. The average Bonchev–Trinajstić information content (AvgIpc) is 2.92. The van der Waals surface area contributed by atoms with Gasteiger partial charge in [-0.05, 0) is 72.3 Å². The van der Waals surface area contributed by atoms with E-state index in [0.717, 1.165) is 6.07 Å². The standard InChI is InChI=1S/C26H19ClN6O6/c27-22-10-5-18(13-24(22)33(37)38)31-26(36)30-17-3-8-20(9-4-17)39-21-11-12-28-23(14-21)25(35)32-29-15-16-1-6-19(34)7-2-16/h1-15,34H,(H,32,35)(H2,30,31,36)/b29-15+. The number of nitro benzene ring substituents is 1. The number of rotatable bonds is 8. The fourth-order valence-electron chi connectivity index (χ4n) is 3.15. The third kappa shape index (κ3) is 7.50. The van der Waals surface area contributed by atoms with Gasteiger partial charge in [-0.15, -0.1) is 0 Å². The van der Waals surface area contributed by atoms with E-state index in [2.05, 4.69) is 26.1 Å². The third-order valence-electron chi connectivity index (χ3n) is 4.99. The number of urea groups is 1. The normalized spacial score (nSPS) is 10.6. The van der Waals surface area contributed by atoms with Crippen LogP contribution < -0.4 is 20.8 Å². The molecule has 0 fully saturated rings. The highest BCUT2D eigenvalue weighted by molar-refractivity contribution is 6.32. The molecule has 39 heavy (non-hydrogen) atoms. The van der Waals surface area contributed by atoms with E-state index in [0.29, 0.717) is 22.7 Å². The molecule has 13 heteroatoms. The number of anilines is 2. The smallest absolute Gasteiger partial charge is 0.323 e. The first-order valence-corrected chi connectivity index (χ1v) is 11.5. The number of halogens is 1. The summed E-state index contributed by atoms with van der Waals surface area (Å²) in [5, 5.41) is 29.3. The number of nitrogens with one attached hydrogen (secondary N) is 3. The number of hydrogen-bond donors (Lipinski definition) is 4. The Balaban J connectivity index is 1.32. The largest absolute Gasteiger partial charge is 0.508 e. The lowest BCUT2D eigenvalue weighted by Gasteiger charge is -2.10. The number of carbonyl (C=O) groups excluding carboxylic acids is 2. The number of carbonyl (C=O) groups is 2. The number of hydrazone groups is 1. The second kappa shape index (κ2) is 12.2. The molecule has 0 unspecified atom stereocenters. The van der Waals surface area contributed by atoms with E-state index in [-0.39, 0.29) is 27.8 Å². The molecule has 0 spiro atoms. The zero-order valence-electron chi connectivity index (χ0n) is 19.9. The highest BCUT2D eigenvalue weighted by Crippen LogP contribution is 2.28. The van der Waals surface area contributed by atoms with Crippen LogP contribution in [0.3, 0.4) is 0 Å². The lowest BCUT2D eigenvalue weighted by Crippen LogP contribution is -2.19. The lowest BCUT2D eigenvalue weighted by atomic mass is 10.2. The van der Waals surface area contributed by atoms with Crippen molar-refractivity contribution in [2.45, 2.75) is 0 Å². The Morgan fingerprint density at radius 3 is 2.36 bits per heavy atom. The summed E-state index contributed by atoms with van der Waals surface area (Å²) < 4.78 is 5.77. The number of phenols is 1. The van der Waals surface area contributed by atoms with E-state index in [9.17, 15) is 24.8 Å². The van der Waals surface area contributed by atoms with Gasteiger partial charge in [0.1, 0.15) is 28.0 Å². The molecule has 3 aromatic carbocycles. The number of aromatic hydroxyl groups is 1. The molecule has 0 aliphatic rings. The molecule has 0 saturated heterocycles. The van der Waals surface area contributed by atoms with Crippen LogP contribution in [-0.4, -0.2) is 33.2 Å². The van der Waals surface area contributed by atoms with Crippen molar-refractivity contribution in [1.82, 2.24) is 10.4 Å². The van der Waals surface area contributed by atoms with Gasteiger partial charge in [-0.3, -0.25) is 19.9 Å². The Labute approximate surface area is 226 Å². The van der Waals surface area contributed by atoms with Gasteiger partial charge in [0.15, 0.2) is 0 Å². The first-order valence-electron chi connectivity index (χ1n) is 11.2. The zero-order valence-corrected chi connectivity index (χ0v) is 20.6. The number of amides is 3. The molecule has 1 heterocycles. The molecule has 1 aromatic heterocycles. The molecule has 4 aromatic rings. The molecule has 4 N–H and O–H groups in total. The van der Waals surface area contributed by atoms with Gasteiger partial charge in [0.05, 0.1) is 11.1 Å². The van der Waals surface area contributed by atoms with Gasteiger partial charge in [0, 0.05) is 29.7 Å². The monoisotopic (exact) mass is 546 g/mol. The summed E-state index contributed by atoms with van der Waals surface area (Å²) in [6.45, 7) is 0. The van der Waals surface area contributed by atoms with Crippen molar-refractivity contribution in [3.05, 3.63) is 111 Å². The fourth-order valence-corrected chi connectivity index (χ4v) is 3.33. The van der Waals surface area contributed by atoms with E-state index in [1.165, 1.54) is 42.7 Å². The lowest BCUT2D eigenvalue weighted by molar-refractivity contribution is -0.384. The van der Waals surface area contributed by atoms with Crippen molar-refractivity contribution < 1.29 is 24.4 Å². The highest BCUT2D eigenvalue weighted by Gasteiger charge is 2.14. The second-order valence-corrected chi connectivity index (χ2v) is 8.20. The number of nitrogens with zero attached hydrogens (tertiary/aromatic N) is 3. The Bertz CT molecular complexity index is 1540. The van der Waals surface area contributed by atoms with Crippen LogP contribution in [0.25, 0.3) is 0 Å². The van der Waals surface area contributed by atoms with Gasteiger partial charge in [0.25, 0.3) is 11.6 Å². The maximum atomic E-state index is 12.4. The molecule has 12 nitrogen and oxygen atoms in total. The topological polar surface area (TPSA) is 168 Å². The first-order chi connectivity index (χ1) is 18.8. The van der Waals surface area contributed by atoms with Crippen LogP contribution in [-0.2, 0) is 0 Å². The molecule has 0 bridgehead atoms. The number of ether oxygens (including phenoxy) is 1. The zero-order chi connectivity index (χ0) is 27.8. The first kappa shape index (κ1) is 26.6. The molecule has 4 rings (SSSR count). The SMILES string of the molecule is O=C(Nc1ccc(Oc2ccnc(C(=O)N/N=C/c3ccc(O)cc3)c2)cc1)Nc1ccc(Cl)c([N+](=O)[O-])c1. The highest BCUT2D eigenvalue weighted by atomic mass is 35.5. The van der Waals surface area contributed by atoms with Crippen molar-refractivity contribution >= 4 is 46.8 Å². The third-order valence-corrected chi connectivity index (χ3v) is 5.31. The molecule has 0 atom stereocenters. The van der Waals surface area contributed by atoms with Crippen LogP contribution in [0.1, 0.15) is 16.1 Å². The van der Waals surface area contributed by atoms with Crippen LogP contribution >= 0.6 is 11.6 Å². The summed E-state index contributed by atoms with van der Waals surface area (Å²) in [6.07, 6.45) is 2.84. The summed E-state index contributed by atoms with van der Waals surface area (Å²) in [4.78, 5) is 39.0. The van der Waals surface area contributed by atoms with Crippen LogP contribution in [0.15, 0.2) is 90.2 Å². The number of aromatic nitrogens is 1. The molecule has 196 valence electrons. The fraction of sp³-hybridized carbons (Fsp3) is 0. The summed E-state index contributed by atoms with van der Waals surface area (Å²) >= 11 is 5.78. The van der Waals surface area contributed by atoms with Gasteiger partial charge in [0.2, 0.25) is 0 Å². The van der Waals surface area contributed by atoms with E-state index in [4.69, 9.17) is 16.3 Å². The van der Waals surface area contributed by atoms with Gasteiger partial charge >= 0.3 is 6.03 Å². The molecule has 0 aliphatic heterocycles.